The van der Waals surface area contributed by atoms with Gasteiger partial charge in [-0.3, -0.25) is 9.59 Å². The third-order valence-corrected chi connectivity index (χ3v) is 5.59. The number of sulfone groups is 1. The van der Waals surface area contributed by atoms with Crippen molar-refractivity contribution in [2.45, 2.75) is 31.7 Å². The normalized spacial score (nSPS) is 12.6. The Hall–Kier alpha value is -2.61. The Morgan fingerprint density at radius 2 is 1.77 bits per heavy atom. The third-order valence-electron chi connectivity index (χ3n) is 3.84. The van der Waals surface area contributed by atoms with Crippen LogP contribution in [0.4, 0.5) is 5.69 Å². The van der Waals surface area contributed by atoms with Crippen molar-refractivity contribution < 1.29 is 22.4 Å². The van der Waals surface area contributed by atoms with Gasteiger partial charge in [-0.2, -0.15) is 0 Å². The van der Waals surface area contributed by atoms with Crippen molar-refractivity contribution in [3.8, 4) is 0 Å². The van der Waals surface area contributed by atoms with E-state index in [1.165, 1.54) is 36.6 Å². The molecule has 0 fully saturated rings. The maximum atomic E-state index is 12.5. The molecule has 2 aromatic rings. The van der Waals surface area contributed by atoms with Gasteiger partial charge >= 0.3 is 0 Å². The number of rotatable bonds is 7. The number of hydrogen-bond donors (Lipinski definition) is 2. The zero-order valence-electron chi connectivity index (χ0n) is 14.9. The molecule has 1 heterocycles. The van der Waals surface area contributed by atoms with Gasteiger partial charge < -0.3 is 15.1 Å². The highest BCUT2D eigenvalue weighted by Crippen LogP contribution is 2.16. The molecule has 26 heavy (non-hydrogen) atoms. The van der Waals surface area contributed by atoms with E-state index in [0.29, 0.717) is 5.69 Å². The summed E-state index contributed by atoms with van der Waals surface area (Å²) >= 11 is 0. The Morgan fingerprint density at radius 1 is 1.12 bits per heavy atom. The van der Waals surface area contributed by atoms with Gasteiger partial charge in [-0.1, -0.05) is 20.8 Å². The molecule has 0 aliphatic rings. The van der Waals surface area contributed by atoms with Crippen LogP contribution < -0.4 is 10.6 Å². The van der Waals surface area contributed by atoms with E-state index in [0.717, 1.165) is 0 Å². The van der Waals surface area contributed by atoms with Gasteiger partial charge in [0, 0.05) is 5.69 Å². The van der Waals surface area contributed by atoms with E-state index in [1.807, 2.05) is 13.8 Å². The highest BCUT2D eigenvalue weighted by atomic mass is 32.2. The SMILES string of the molecule is CCS(=O)(=O)c1ccc(NC(=O)[C@@H](NC(=O)c2ccco2)C(C)C)cc1. The fraction of sp³-hybridized carbons (Fsp3) is 0.333. The Bertz CT molecular complexity index is 855. The minimum atomic E-state index is -3.29. The first-order chi connectivity index (χ1) is 12.2. The molecule has 0 bridgehead atoms. The molecule has 0 unspecified atom stereocenters. The Balaban J connectivity index is 2.09. The molecule has 1 aromatic carbocycles. The molecule has 140 valence electrons. The highest BCUT2D eigenvalue weighted by molar-refractivity contribution is 7.91. The van der Waals surface area contributed by atoms with Crippen molar-refractivity contribution in [3.63, 3.8) is 0 Å². The quantitative estimate of drug-likeness (QED) is 0.770. The Labute approximate surface area is 152 Å². The number of carbonyl (C=O) groups excluding carboxylic acids is 2. The molecule has 0 aliphatic heterocycles. The maximum absolute atomic E-state index is 12.5. The maximum Gasteiger partial charge on any atom is 0.287 e. The number of amides is 2. The lowest BCUT2D eigenvalue weighted by Gasteiger charge is -2.21. The van der Waals surface area contributed by atoms with Crippen LogP contribution in [0.3, 0.4) is 0 Å². The van der Waals surface area contributed by atoms with Gasteiger partial charge in [0.15, 0.2) is 15.6 Å². The van der Waals surface area contributed by atoms with E-state index in [-0.39, 0.29) is 22.3 Å². The van der Waals surface area contributed by atoms with Gasteiger partial charge in [-0.25, -0.2) is 8.42 Å². The van der Waals surface area contributed by atoms with Crippen LogP contribution in [0.25, 0.3) is 0 Å². The Morgan fingerprint density at radius 3 is 2.27 bits per heavy atom. The van der Waals surface area contributed by atoms with Crippen molar-refractivity contribution in [3.05, 3.63) is 48.4 Å². The first-order valence-corrected chi connectivity index (χ1v) is 9.88. The fourth-order valence-corrected chi connectivity index (χ4v) is 3.17. The van der Waals surface area contributed by atoms with Gasteiger partial charge in [-0.15, -0.1) is 0 Å². The van der Waals surface area contributed by atoms with Crippen LogP contribution in [0, 0.1) is 5.92 Å². The second kappa shape index (κ2) is 8.18. The molecule has 2 rings (SSSR count). The van der Waals surface area contributed by atoms with Gasteiger partial charge in [0.2, 0.25) is 5.91 Å². The minimum Gasteiger partial charge on any atom is -0.459 e. The number of carbonyl (C=O) groups is 2. The molecule has 0 saturated carbocycles. The molecule has 0 spiro atoms. The minimum absolute atomic E-state index is 0.00689. The van der Waals surface area contributed by atoms with Gasteiger partial charge in [-0.05, 0) is 42.3 Å². The topological polar surface area (TPSA) is 105 Å². The fourth-order valence-electron chi connectivity index (χ4n) is 2.29. The number of benzene rings is 1. The number of furan rings is 1. The van der Waals surface area contributed by atoms with E-state index >= 15 is 0 Å². The summed E-state index contributed by atoms with van der Waals surface area (Å²) in [5, 5.41) is 5.33. The van der Waals surface area contributed by atoms with E-state index in [9.17, 15) is 18.0 Å². The van der Waals surface area contributed by atoms with E-state index in [4.69, 9.17) is 4.42 Å². The van der Waals surface area contributed by atoms with Crippen molar-refractivity contribution in [2.75, 3.05) is 11.1 Å². The average Bonchev–Trinajstić information content (AvgIpc) is 3.14. The van der Waals surface area contributed by atoms with E-state index in [1.54, 1.807) is 13.0 Å². The predicted octanol–water partition coefficient (Wildman–Crippen LogP) is 2.47. The van der Waals surface area contributed by atoms with Gasteiger partial charge in [0.05, 0.1) is 16.9 Å². The predicted molar refractivity (Wildman–Crippen MR) is 97.6 cm³/mol. The first-order valence-electron chi connectivity index (χ1n) is 8.22. The summed E-state index contributed by atoms with van der Waals surface area (Å²) < 4.78 is 28.7. The molecule has 1 aromatic heterocycles. The first kappa shape index (κ1) is 19.7. The summed E-state index contributed by atoms with van der Waals surface area (Å²) in [6.45, 7) is 5.19. The molecular formula is C18H22N2O5S. The molecule has 0 aliphatic carbocycles. The largest absolute Gasteiger partial charge is 0.459 e. The van der Waals surface area contributed by atoms with E-state index < -0.39 is 27.7 Å². The van der Waals surface area contributed by atoms with Crippen molar-refractivity contribution in [1.29, 1.82) is 0 Å². The highest BCUT2D eigenvalue weighted by Gasteiger charge is 2.25. The van der Waals surface area contributed by atoms with Gasteiger partial charge in [0.1, 0.15) is 6.04 Å². The zero-order valence-corrected chi connectivity index (χ0v) is 15.7. The summed E-state index contributed by atoms with van der Waals surface area (Å²) in [6, 6.07) is 8.26. The summed E-state index contributed by atoms with van der Waals surface area (Å²) in [5.41, 5.74) is 0.447. The lowest BCUT2D eigenvalue weighted by molar-refractivity contribution is -0.118. The van der Waals surface area contributed by atoms with Crippen LogP contribution in [0.5, 0.6) is 0 Å². The second-order valence-electron chi connectivity index (χ2n) is 6.09. The van der Waals surface area contributed by atoms with Crippen LogP contribution in [-0.4, -0.2) is 32.0 Å². The summed E-state index contributed by atoms with van der Waals surface area (Å²) in [4.78, 5) is 24.8. The third kappa shape index (κ3) is 4.72. The van der Waals surface area contributed by atoms with Crippen molar-refractivity contribution in [2.24, 2.45) is 5.92 Å². The van der Waals surface area contributed by atoms with Crippen molar-refractivity contribution >= 4 is 27.3 Å². The average molecular weight is 378 g/mol. The van der Waals surface area contributed by atoms with Crippen LogP contribution in [0.2, 0.25) is 0 Å². The summed E-state index contributed by atoms with van der Waals surface area (Å²) in [7, 11) is -3.29. The summed E-state index contributed by atoms with van der Waals surface area (Å²) in [6.07, 6.45) is 1.38. The monoisotopic (exact) mass is 378 g/mol. The smallest absolute Gasteiger partial charge is 0.287 e. The molecule has 1 atom stereocenters. The lowest BCUT2D eigenvalue weighted by atomic mass is 10.0. The standard InChI is InChI=1S/C18H22N2O5S/c1-4-26(23,24)14-9-7-13(8-10-14)19-18(22)16(12(2)3)20-17(21)15-6-5-11-25-15/h5-12,16H,4H2,1-3H3,(H,19,22)(H,20,21)/t16-/m0/s1. The molecule has 8 heteroatoms. The van der Waals surface area contributed by atoms with Crippen LogP contribution >= 0.6 is 0 Å². The molecular weight excluding hydrogens is 356 g/mol. The molecule has 0 radical (unpaired) electrons. The second-order valence-corrected chi connectivity index (χ2v) is 8.37. The van der Waals surface area contributed by atoms with Crippen molar-refractivity contribution in [1.82, 2.24) is 5.32 Å². The Kier molecular flexibility index (Phi) is 6.20. The number of nitrogens with one attached hydrogen (secondary N) is 2. The zero-order chi connectivity index (χ0) is 19.3. The van der Waals surface area contributed by atoms with Crippen LogP contribution in [0.1, 0.15) is 31.3 Å². The molecule has 0 saturated heterocycles. The number of hydrogen-bond acceptors (Lipinski definition) is 5. The number of anilines is 1. The lowest BCUT2D eigenvalue weighted by Crippen LogP contribution is -2.47. The van der Waals surface area contributed by atoms with Gasteiger partial charge in [0.25, 0.3) is 5.91 Å². The molecule has 2 amide bonds. The van der Waals surface area contributed by atoms with Crippen LogP contribution in [0.15, 0.2) is 52.0 Å². The molecule has 2 N–H and O–H groups in total. The van der Waals surface area contributed by atoms with Crippen LogP contribution in [-0.2, 0) is 14.6 Å². The van der Waals surface area contributed by atoms with E-state index in [2.05, 4.69) is 10.6 Å². The molecule has 7 nitrogen and oxygen atoms in total. The summed E-state index contributed by atoms with van der Waals surface area (Å²) in [5.74, 6) is -0.905.